The zero-order valence-corrected chi connectivity index (χ0v) is 12.9. The molecule has 7 nitrogen and oxygen atoms in total. The Labute approximate surface area is 132 Å². The van der Waals surface area contributed by atoms with Gasteiger partial charge in [0.25, 0.3) is 0 Å². The minimum absolute atomic E-state index is 0.00482. The smallest absolute Gasteiger partial charge is 0.173 e. The minimum atomic E-state index is -1.31. The van der Waals surface area contributed by atoms with Crippen LogP contribution in [-0.2, 0) is 0 Å². The van der Waals surface area contributed by atoms with Crippen molar-refractivity contribution in [2.24, 2.45) is 11.8 Å². The molecule has 23 heavy (non-hydrogen) atoms. The predicted octanol–water partition coefficient (Wildman–Crippen LogP) is 0.474. The van der Waals surface area contributed by atoms with Gasteiger partial charge in [-0.2, -0.15) is 0 Å². The molecule has 0 spiro atoms. The zero-order valence-electron chi connectivity index (χ0n) is 12.9. The number of phenols is 2. The molecule has 5 N–H and O–H groups in total. The monoisotopic (exact) mass is 324 g/mol. The third-order valence-electron chi connectivity index (χ3n) is 4.95. The number of hydrogen-bond donors (Lipinski definition) is 5. The van der Waals surface area contributed by atoms with Gasteiger partial charge in [-0.15, -0.1) is 0 Å². The van der Waals surface area contributed by atoms with Crippen molar-refractivity contribution in [3.8, 4) is 17.2 Å². The van der Waals surface area contributed by atoms with Crippen LogP contribution in [0.15, 0.2) is 6.07 Å². The molecule has 126 valence electrons. The second kappa shape index (κ2) is 5.09. The molecule has 1 aromatic carbocycles. The second-order valence-electron chi connectivity index (χ2n) is 6.71. The van der Waals surface area contributed by atoms with Crippen LogP contribution in [0.25, 0.3) is 0 Å². The molecule has 1 saturated carbocycles. The van der Waals surface area contributed by atoms with Crippen molar-refractivity contribution in [1.82, 2.24) is 0 Å². The van der Waals surface area contributed by atoms with Crippen LogP contribution in [0.3, 0.4) is 0 Å². The van der Waals surface area contributed by atoms with Crippen molar-refractivity contribution in [3.05, 3.63) is 17.2 Å². The van der Waals surface area contributed by atoms with Crippen molar-refractivity contribution in [2.45, 2.75) is 37.6 Å². The summed E-state index contributed by atoms with van der Waals surface area (Å²) in [6.07, 6.45) is -2.35. The number of Topliss-reactive ketones (excluding diaryl/α,β-unsaturated/α-hetero) is 1. The molecule has 2 aliphatic rings. The van der Waals surface area contributed by atoms with Gasteiger partial charge in [0.05, 0.1) is 36.4 Å². The molecular formula is C16H20O7. The lowest BCUT2D eigenvalue weighted by Crippen LogP contribution is -2.52. The summed E-state index contributed by atoms with van der Waals surface area (Å²) >= 11 is 0. The highest BCUT2D eigenvalue weighted by Crippen LogP contribution is 2.54. The number of ether oxygens (including phenoxy) is 1. The average Bonchev–Trinajstić information content (AvgIpc) is 2.44. The molecule has 0 radical (unpaired) electrons. The third kappa shape index (κ3) is 2.27. The van der Waals surface area contributed by atoms with Crippen LogP contribution < -0.4 is 4.74 Å². The van der Waals surface area contributed by atoms with Crippen molar-refractivity contribution in [2.75, 3.05) is 7.11 Å². The van der Waals surface area contributed by atoms with E-state index in [1.807, 2.05) is 0 Å². The first kappa shape index (κ1) is 16.0. The van der Waals surface area contributed by atoms with E-state index in [1.165, 1.54) is 14.0 Å². The Bertz CT molecular complexity index is 667. The van der Waals surface area contributed by atoms with Crippen LogP contribution in [0.1, 0.15) is 41.8 Å². The van der Waals surface area contributed by atoms with Gasteiger partial charge >= 0.3 is 0 Å². The molecule has 0 aliphatic heterocycles. The summed E-state index contributed by atoms with van der Waals surface area (Å²) in [5, 5.41) is 51.5. The minimum Gasteiger partial charge on any atom is -0.507 e. The summed E-state index contributed by atoms with van der Waals surface area (Å²) in [7, 11) is 1.29. The number of methoxy groups -OCH3 is 1. The van der Waals surface area contributed by atoms with Gasteiger partial charge in [0.2, 0.25) is 0 Å². The fourth-order valence-electron chi connectivity index (χ4n) is 4.00. The largest absolute Gasteiger partial charge is 0.507 e. The first-order chi connectivity index (χ1) is 10.7. The summed E-state index contributed by atoms with van der Waals surface area (Å²) in [5.74, 6) is -3.13. The molecule has 1 fully saturated rings. The molecule has 3 rings (SSSR count). The number of aromatic hydroxyl groups is 2. The number of rotatable bonds is 1. The number of fused-ring (bicyclic) bond motifs is 2. The number of benzene rings is 1. The van der Waals surface area contributed by atoms with Crippen LogP contribution in [0.5, 0.6) is 17.2 Å². The van der Waals surface area contributed by atoms with Gasteiger partial charge in [-0.3, -0.25) is 4.79 Å². The number of hydrogen-bond acceptors (Lipinski definition) is 7. The van der Waals surface area contributed by atoms with Crippen molar-refractivity contribution in [1.29, 1.82) is 0 Å². The van der Waals surface area contributed by atoms with Crippen LogP contribution in [0.2, 0.25) is 0 Å². The summed E-state index contributed by atoms with van der Waals surface area (Å²) in [6.45, 7) is 1.53. The van der Waals surface area contributed by atoms with Crippen LogP contribution in [-0.4, -0.2) is 50.1 Å². The average molecular weight is 324 g/mol. The fraction of sp³-hybridized carbons (Fsp3) is 0.562. The quantitative estimate of drug-likeness (QED) is 0.475. The van der Waals surface area contributed by atoms with Gasteiger partial charge in [-0.05, 0) is 13.3 Å². The highest BCUT2D eigenvalue weighted by molar-refractivity contribution is 6.04. The Balaban J connectivity index is 2.20. The Morgan fingerprint density at radius 2 is 1.91 bits per heavy atom. The third-order valence-corrected chi connectivity index (χ3v) is 4.95. The van der Waals surface area contributed by atoms with Gasteiger partial charge in [0, 0.05) is 24.0 Å². The maximum Gasteiger partial charge on any atom is 0.173 e. The molecule has 0 aromatic heterocycles. The van der Waals surface area contributed by atoms with Crippen LogP contribution in [0, 0.1) is 11.8 Å². The summed E-state index contributed by atoms with van der Waals surface area (Å²) in [5.41, 5.74) is -1.54. The van der Waals surface area contributed by atoms with Gasteiger partial charge in [-0.1, -0.05) is 0 Å². The van der Waals surface area contributed by atoms with Crippen molar-refractivity contribution >= 4 is 5.78 Å². The van der Waals surface area contributed by atoms with Crippen molar-refractivity contribution < 1.29 is 35.1 Å². The topological polar surface area (TPSA) is 127 Å². The van der Waals surface area contributed by atoms with Crippen LogP contribution in [0.4, 0.5) is 0 Å². The number of ketones is 1. The lowest BCUT2D eigenvalue weighted by atomic mass is 9.61. The molecule has 1 aromatic rings. The maximum absolute atomic E-state index is 12.7. The molecule has 0 bridgehead atoms. The lowest BCUT2D eigenvalue weighted by molar-refractivity contribution is -0.107. The van der Waals surface area contributed by atoms with E-state index in [9.17, 15) is 30.3 Å². The number of carbonyl (C=O) groups excluding carboxylic acids is 1. The number of phenolic OH excluding ortho intramolecular Hbond substituents is 2. The Kier molecular flexibility index (Phi) is 3.55. The van der Waals surface area contributed by atoms with E-state index < -0.39 is 46.9 Å². The predicted molar refractivity (Wildman–Crippen MR) is 78.5 cm³/mol. The summed E-state index contributed by atoms with van der Waals surface area (Å²) < 4.78 is 4.94. The van der Waals surface area contributed by atoms with E-state index >= 15 is 0 Å². The Morgan fingerprint density at radius 3 is 2.52 bits per heavy atom. The van der Waals surface area contributed by atoms with E-state index in [1.54, 1.807) is 0 Å². The highest BCUT2D eigenvalue weighted by atomic mass is 16.5. The number of aliphatic hydroxyl groups is 3. The first-order valence-electron chi connectivity index (χ1n) is 7.43. The Hall–Kier alpha value is -1.83. The summed E-state index contributed by atoms with van der Waals surface area (Å²) in [6, 6.07) is 1.10. The molecular weight excluding hydrogens is 304 g/mol. The van der Waals surface area contributed by atoms with E-state index in [0.29, 0.717) is 0 Å². The SMILES string of the molecule is COc1cc(O)c2c(c1O)[C@H](O)[C@H]1C[C@](C)(O)C[C@@H](O)[C@@H]1C2=O. The van der Waals surface area contributed by atoms with Gasteiger partial charge < -0.3 is 30.3 Å². The van der Waals surface area contributed by atoms with Crippen LogP contribution >= 0.6 is 0 Å². The molecule has 0 unspecified atom stereocenters. The van der Waals surface area contributed by atoms with Gasteiger partial charge in [0.15, 0.2) is 17.3 Å². The normalized spacial score (nSPS) is 36.3. The molecule has 0 amide bonds. The van der Waals surface area contributed by atoms with Gasteiger partial charge in [0.1, 0.15) is 5.75 Å². The standard InChI is InChI=1S/C16H20O7/c1-16(22)4-6-10(8(18)5-16)15(21)11-7(17)3-9(23-2)14(20)12(11)13(6)19/h3,6,8,10,13,17-20,22H,4-5H2,1-2H3/t6-,8+,10+,13+,16-/m0/s1. The van der Waals surface area contributed by atoms with E-state index in [-0.39, 0.29) is 29.7 Å². The molecule has 0 heterocycles. The molecule has 2 aliphatic carbocycles. The summed E-state index contributed by atoms with van der Waals surface area (Å²) in [4.78, 5) is 12.7. The van der Waals surface area contributed by atoms with Gasteiger partial charge in [-0.25, -0.2) is 0 Å². The number of carbonyl (C=O) groups is 1. The second-order valence-corrected chi connectivity index (χ2v) is 6.71. The molecule has 5 atom stereocenters. The first-order valence-corrected chi connectivity index (χ1v) is 7.43. The molecule has 7 heteroatoms. The Morgan fingerprint density at radius 1 is 1.26 bits per heavy atom. The van der Waals surface area contributed by atoms with Crippen molar-refractivity contribution in [3.63, 3.8) is 0 Å². The zero-order chi connectivity index (χ0) is 17.1. The molecule has 0 saturated heterocycles. The lowest BCUT2D eigenvalue weighted by Gasteiger charge is -2.46. The van der Waals surface area contributed by atoms with E-state index in [4.69, 9.17) is 4.74 Å². The highest BCUT2D eigenvalue weighted by Gasteiger charge is 2.53. The maximum atomic E-state index is 12.7. The van der Waals surface area contributed by atoms with E-state index in [0.717, 1.165) is 6.07 Å². The fourth-order valence-corrected chi connectivity index (χ4v) is 4.00. The van der Waals surface area contributed by atoms with E-state index in [2.05, 4.69) is 0 Å². The number of aliphatic hydroxyl groups excluding tert-OH is 2.